The van der Waals surface area contributed by atoms with Crippen molar-refractivity contribution in [2.45, 2.75) is 52.1 Å². The molecule has 2 fully saturated rings. The number of carbonyl (C=O) groups is 2. The molecule has 178 valence electrons. The molecule has 0 aliphatic carbocycles. The second-order valence-electron chi connectivity index (χ2n) is 9.16. The van der Waals surface area contributed by atoms with Gasteiger partial charge in [0, 0.05) is 38.3 Å². The number of hydrogen-bond acceptors (Lipinski definition) is 7. The predicted octanol–water partition coefficient (Wildman–Crippen LogP) is 2.12. The Balaban J connectivity index is 1.46. The van der Waals surface area contributed by atoms with Crippen molar-refractivity contribution in [1.82, 2.24) is 15.6 Å². The van der Waals surface area contributed by atoms with Gasteiger partial charge in [-0.2, -0.15) is 0 Å². The van der Waals surface area contributed by atoms with Crippen LogP contribution in [0, 0.1) is 11.8 Å². The summed E-state index contributed by atoms with van der Waals surface area (Å²) < 4.78 is 22.5. The SMILES string of the molecule is CC(CNC(=O)c1cncc(C(=O)NCC(C)CC2(C)OCCO2)c1)CC1(C)OCCO1. The number of hydrogen-bond donors (Lipinski definition) is 2. The summed E-state index contributed by atoms with van der Waals surface area (Å²) in [7, 11) is 0. The number of amides is 2. The van der Waals surface area contributed by atoms with Crippen LogP contribution in [0.2, 0.25) is 0 Å². The Morgan fingerprint density at radius 1 is 0.844 bits per heavy atom. The summed E-state index contributed by atoms with van der Waals surface area (Å²) >= 11 is 0. The molecule has 3 heterocycles. The Morgan fingerprint density at radius 2 is 1.22 bits per heavy atom. The first kappa shape index (κ1) is 24.6. The molecule has 9 heteroatoms. The van der Waals surface area contributed by atoms with Crippen LogP contribution < -0.4 is 10.6 Å². The third-order valence-corrected chi connectivity index (χ3v) is 5.72. The lowest BCUT2D eigenvalue weighted by Crippen LogP contribution is -2.35. The summed E-state index contributed by atoms with van der Waals surface area (Å²) in [5, 5.41) is 5.80. The fourth-order valence-corrected chi connectivity index (χ4v) is 4.19. The lowest BCUT2D eigenvalue weighted by Gasteiger charge is -2.26. The van der Waals surface area contributed by atoms with Gasteiger partial charge in [-0.15, -0.1) is 0 Å². The average Bonchev–Trinajstić information content (AvgIpc) is 3.38. The van der Waals surface area contributed by atoms with Gasteiger partial charge in [-0.25, -0.2) is 0 Å². The monoisotopic (exact) mass is 449 g/mol. The molecule has 0 saturated carbocycles. The van der Waals surface area contributed by atoms with Crippen LogP contribution >= 0.6 is 0 Å². The Kier molecular flexibility index (Phi) is 8.21. The molecule has 2 aliphatic heterocycles. The first-order valence-electron chi connectivity index (χ1n) is 11.3. The number of ether oxygens (including phenoxy) is 4. The molecular formula is C23H35N3O6. The highest BCUT2D eigenvalue weighted by Crippen LogP contribution is 2.27. The van der Waals surface area contributed by atoms with E-state index in [0.717, 1.165) is 0 Å². The predicted molar refractivity (Wildman–Crippen MR) is 117 cm³/mol. The minimum absolute atomic E-state index is 0.165. The Labute approximate surface area is 189 Å². The molecule has 0 aromatic carbocycles. The van der Waals surface area contributed by atoms with Crippen molar-refractivity contribution < 1.29 is 28.5 Å². The quantitative estimate of drug-likeness (QED) is 0.563. The van der Waals surface area contributed by atoms with E-state index in [2.05, 4.69) is 15.6 Å². The molecule has 2 atom stereocenters. The minimum atomic E-state index is -0.589. The van der Waals surface area contributed by atoms with Gasteiger partial charge in [0.25, 0.3) is 11.8 Å². The van der Waals surface area contributed by atoms with Crippen LogP contribution in [0.1, 0.15) is 61.3 Å². The third kappa shape index (κ3) is 6.96. The fraction of sp³-hybridized carbons (Fsp3) is 0.696. The molecule has 32 heavy (non-hydrogen) atoms. The van der Waals surface area contributed by atoms with Crippen LogP contribution in [-0.2, 0) is 18.9 Å². The molecule has 2 amide bonds. The normalized spacial score (nSPS) is 21.1. The largest absolute Gasteiger partial charge is 0.352 e. The maximum Gasteiger partial charge on any atom is 0.252 e. The summed E-state index contributed by atoms with van der Waals surface area (Å²) in [5.74, 6) is -1.39. The van der Waals surface area contributed by atoms with Crippen molar-refractivity contribution in [2.75, 3.05) is 39.5 Å². The zero-order valence-electron chi connectivity index (χ0n) is 19.4. The lowest BCUT2D eigenvalue weighted by atomic mass is 10.0. The van der Waals surface area contributed by atoms with Crippen molar-refractivity contribution >= 4 is 11.8 Å². The Bertz CT molecular complexity index is 728. The average molecular weight is 450 g/mol. The maximum absolute atomic E-state index is 12.6. The van der Waals surface area contributed by atoms with Gasteiger partial charge < -0.3 is 29.6 Å². The van der Waals surface area contributed by atoms with E-state index in [-0.39, 0.29) is 23.7 Å². The molecule has 3 rings (SSSR count). The van der Waals surface area contributed by atoms with Crippen molar-refractivity contribution in [1.29, 1.82) is 0 Å². The van der Waals surface area contributed by atoms with Crippen LogP contribution in [0.15, 0.2) is 18.5 Å². The summed E-state index contributed by atoms with van der Waals surface area (Å²) in [4.78, 5) is 29.2. The van der Waals surface area contributed by atoms with Gasteiger partial charge >= 0.3 is 0 Å². The highest BCUT2D eigenvalue weighted by molar-refractivity contribution is 5.99. The zero-order valence-corrected chi connectivity index (χ0v) is 19.4. The van der Waals surface area contributed by atoms with Crippen LogP contribution in [0.25, 0.3) is 0 Å². The molecule has 2 unspecified atom stereocenters. The molecule has 1 aromatic heterocycles. The highest BCUT2D eigenvalue weighted by atomic mass is 16.7. The highest BCUT2D eigenvalue weighted by Gasteiger charge is 2.33. The topological polar surface area (TPSA) is 108 Å². The van der Waals surface area contributed by atoms with Crippen LogP contribution in [0.3, 0.4) is 0 Å². The fourth-order valence-electron chi connectivity index (χ4n) is 4.19. The second-order valence-corrected chi connectivity index (χ2v) is 9.16. The van der Waals surface area contributed by atoms with E-state index in [0.29, 0.717) is 63.5 Å². The molecule has 2 N–H and O–H groups in total. The van der Waals surface area contributed by atoms with E-state index in [1.165, 1.54) is 12.4 Å². The maximum atomic E-state index is 12.6. The third-order valence-electron chi connectivity index (χ3n) is 5.72. The minimum Gasteiger partial charge on any atom is -0.352 e. The molecular weight excluding hydrogens is 414 g/mol. The van der Waals surface area contributed by atoms with Crippen LogP contribution in [0.4, 0.5) is 0 Å². The molecule has 0 spiro atoms. The van der Waals surface area contributed by atoms with Gasteiger partial charge in [0.15, 0.2) is 11.6 Å². The zero-order chi connectivity index (χ0) is 23.2. The van der Waals surface area contributed by atoms with Gasteiger partial charge in [0.2, 0.25) is 0 Å². The van der Waals surface area contributed by atoms with E-state index in [1.54, 1.807) is 6.07 Å². The lowest BCUT2D eigenvalue weighted by molar-refractivity contribution is -0.154. The summed E-state index contributed by atoms with van der Waals surface area (Å²) in [6.07, 6.45) is 4.28. The number of aromatic nitrogens is 1. The Hall–Kier alpha value is -2.07. The van der Waals surface area contributed by atoms with E-state index >= 15 is 0 Å². The van der Waals surface area contributed by atoms with E-state index < -0.39 is 11.6 Å². The summed E-state index contributed by atoms with van der Waals surface area (Å²) in [6, 6.07) is 1.56. The Morgan fingerprint density at radius 3 is 1.59 bits per heavy atom. The van der Waals surface area contributed by atoms with Crippen molar-refractivity contribution in [3.05, 3.63) is 29.6 Å². The first-order valence-corrected chi connectivity index (χ1v) is 11.3. The molecule has 2 saturated heterocycles. The number of nitrogens with one attached hydrogen (secondary N) is 2. The van der Waals surface area contributed by atoms with E-state index in [9.17, 15) is 9.59 Å². The number of rotatable bonds is 10. The van der Waals surface area contributed by atoms with Gasteiger partial charge in [-0.1, -0.05) is 13.8 Å². The van der Waals surface area contributed by atoms with Gasteiger partial charge in [0.1, 0.15) is 0 Å². The number of pyridine rings is 1. The van der Waals surface area contributed by atoms with Crippen molar-refractivity contribution in [3.63, 3.8) is 0 Å². The second kappa shape index (κ2) is 10.7. The van der Waals surface area contributed by atoms with Crippen molar-refractivity contribution in [2.24, 2.45) is 11.8 Å². The number of carbonyl (C=O) groups excluding carboxylic acids is 2. The van der Waals surface area contributed by atoms with Gasteiger partial charge in [-0.05, 0) is 31.7 Å². The standard InChI is InChI=1S/C23H35N3O6/c1-16(10-22(3)29-5-6-30-22)12-25-20(27)18-9-19(15-24-14-18)21(28)26-13-17(2)11-23(4)31-7-8-32-23/h9,14-17H,5-8,10-13H2,1-4H3,(H,25,27)(H,26,28). The smallest absolute Gasteiger partial charge is 0.252 e. The van der Waals surface area contributed by atoms with Gasteiger partial charge in [-0.3, -0.25) is 14.6 Å². The molecule has 9 nitrogen and oxygen atoms in total. The van der Waals surface area contributed by atoms with Crippen LogP contribution in [0.5, 0.6) is 0 Å². The molecule has 2 aliphatic rings. The van der Waals surface area contributed by atoms with Gasteiger partial charge in [0.05, 0.1) is 37.6 Å². The van der Waals surface area contributed by atoms with E-state index in [4.69, 9.17) is 18.9 Å². The first-order chi connectivity index (χ1) is 15.2. The van der Waals surface area contributed by atoms with Crippen molar-refractivity contribution in [3.8, 4) is 0 Å². The summed E-state index contributed by atoms with van der Waals surface area (Å²) in [5.41, 5.74) is 0.690. The van der Waals surface area contributed by atoms with Crippen LogP contribution in [-0.4, -0.2) is 67.9 Å². The molecule has 0 bridgehead atoms. The molecule has 0 radical (unpaired) electrons. The number of nitrogens with zero attached hydrogens (tertiary/aromatic N) is 1. The molecule has 1 aromatic rings. The van der Waals surface area contributed by atoms with E-state index in [1.807, 2.05) is 27.7 Å². The summed E-state index contributed by atoms with van der Waals surface area (Å²) in [6.45, 7) is 11.2.